The summed E-state index contributed by atoms with van der Waals surface area (Å²) in [5.41, 5.74) is 4.20. The first-order valence-corrected chi connectivity index (χ1v) is 17.8. The fraction of sp³-hybridized carbons (Fsp3) is 0.200. The van der Waals surface area contributed by atoms with Crippen molar-refractivity contribution in [2.45, 2.75) is 31.6 Å². The van der Waals surface area contributed by atoms with Crippen LogP contribution in [-0.4, -0.2) is 39.3 Å². The number of amides is 1. The van der Waals surface area contributed by atoms with E-state index in [2.05, 4.69) is 0 Å². The number of nitrogens with zero attached hydrogens (tertiary/aromatic N) is 1. The largest absolute Gasteiger partial charge is 0.497 e. The van der Waals surface area contributed by atoms with Crippen molar-refractivity contribution in [1.29, 1.82) is 0 Å². The van der Waals surface area contributed by atoms with Crippen molar-refractivity contribution in [3.05, 3.63) is 144 Å². The van der Waals surface area contributed by atoms with E-state index >= 15 is 0 Å². The van der Waals surface area contributed by atoms with Gasteiger partial charge in [-0.15, -0.1) is 0 Å². The SMILES string of the molecule is COc1ccc(N2C(=O)O[C@H](CCC(=O)c3ccc(F)cc3)[C@H]2c2ccc(-c3ccc(P(=O)(OC)OC)cc3)cc2OCc2ccccc2)cc1. The Morgan fingerprint density at radius 1 is 0.824 bits per heavy atom. The van der Waals surface area contributed by atoms with Gasteiger partial charge >= 0.3 is 13.7 Å². The maximum absolute atomic E-state index is 13.7. The third kappa shape index (κ3) is 7.89. The van der Waals surface area contributed by atoms with Gasteiger partial charge in [0.1, 0.15) is 36.1 Å². The number of methoxy groups -OCH3 is 1. The first-order valence-electron chi connectivity index (χ1n) is 16.3. The van der Waals surface area contributed by atoms with Crippen LogP contribution < -0.4 is 19.7 Å². The zero-order valence-corrected chi connectivity index (χ0v) is 29.3. The molecular weight excluding hydrogens is 672 g/mol. The van der Waals surface area contributed by atoms with Gasteiger partial charge in [-0.2, -0.15) is 0 Å². The van der Waals surface area contributed by atoms with Crippen LogP contribution in [0.15, 0.2) is 121 Å². The third-order valence-electron chi connectivity index (χ3n) is 8.82. The molecule has 0 aliphatic carbocycles. The highest BCUT2D eigenvalue weighted by molar-refractivity contribution is 7.62. The molecule has 11 heteroatoms. The lowest BCUT2D eigenvalue weighted by Gasteiger charge is -2.27. The molecule has 0 N–H and O–H groups in total. The van der Waals surface area contributed by atoms with E-state index in [1.54, 1.807) is 48.4 Å². The number of cyclic esters (lactones) is 1. The highest BCUT2D eigenvalue weighted by Gasteiger charge is 2.45. The Bertz CT molecular complexity index is 2010. The van der Waals surface area contributed by atoms with Crippen LogP contribution in [0.2, 0.25) is 0 Å². The van der Waals surface area contributed by atoms with Gasteiger partial charge in [-0.05, 0) is 89.8 Å². The number of Topliss-reactive ketones (excluding diaryl/α,β-unsaturated/α-hetero) is 1. The Kier molecular flexibility index (Phi) is 11.0. The van der Waals surface area contributed by atoms with Gasteiger partial charge in [-0.1, -0.05) is 54.6 Å². The van der Waals surface area contributed by atoms with Crippen LogP contribution in [-0.2, 0) is 25.0 Å². The van der Waals surface area contributed by atoms with Gasteiger partial charge in [0.2, 0.25) is 0 Å². The number of benzene rings is 5. The van der Waals surface area contributed by atoms with Gasteiger partial charge in [0.25, 0.3) is 0 Å². The van der Waals surface area contributed by atoms with Crippen LogP contribution in [0.3, 0.4) is 0 Å². The molecule has 0 radical (unpaired) electrons. The number of carbonyl (C=O) groups is 2. The number of halogens is 1. The van der Waals surface area contributed by atoms with E-state index in [0.717, 1.165) is 16.7 Å². The molecule has 1 fully saturated rings. The van der Waals surface area contributed by atoms with Gasteiger partial charge < -0.3 is 23.3 Å². The molecule has 51 heavy (non-hydrogen) atoms. The summed E-state index contributed by atoms with van der Waals surface area (Å²) in [6.07, 6.45) is -1.03. The van der Waals surface area contributed by atoms with E-state index in [-0.39, 0.29) is 25.2 Å². The number of hydrogen-bond acceptors (Lipinski definition) is 8. The van der Waals surface area contributed by atoms with Crippen molar-refractivity contribution >= 4 is 30.5 Å². The van der Waals surface area contributed by atoms with E-state index in [0.29, 0.717) is 33.6 Å². The minimum atomic E-state index is -3.44. The molecule has 1 aliphatic heterocycles. The predicted molar refractivity (Wildman–Crippen MR) is 192 cm³/mol. The molecular formula is C40H37FNO8P. The predicted octanol–water partition coefficient (Wildman–Crippen LogP) is 8.92. The quantitative estimate of drug-likeness (QED) is 0.0833. The van der Waals surface area contributed by atoms with Crippen LogP contribution in [0.25, 0.3) is 11.1 Å². The summed E-state index contributed by atoms with van der Waals surface area (Å²) < 4.78 is 54.7. The lowest BCUT2D eigenvalue weighted by molar-refractivity contribution is 0.0921. The van der Waals surface area contributed by atoms with E-state index in [9.17, 15) is 18.5 Å². The van der Waals surface area contributed by atoms with Gasteiger partial charge in [0, 0.05) is 37.5 Å². The van der Waals surface area contributed by atoms with Gasteiger partial charge in [0.15, 0.2) is 5.78 Å². The second-order valence-electron chi connectivity index (χ2n) is 11.8. The van der Waals surface area contributed by atoms with Crippen LogP contribution >= 0.6 is 7.60 Å². The molecule has 1 aliphatic rings. The van der Waals surface area contributed by atoms with Crippen molar-refractivity contribution < 1.29 is 41.8 Å². The fourth-order valence-corrected chi connectivity index (χ4v) is 7.17. The zero-order valence-electron chi connectivity index (χ0n) is 28.4. The summed E-state index contributed by atoms with van der Waals surface area (Å²) in [7, 11) is 0.807. The van der Waals surface area contributed by atoms with E-state index < -0.39 is 31.7 Å². The summed E-state index contributed by atoms with van der Waals surface area (Å²) in [4.78, 5) is 28.4. The number of ether oxygens (including phenoxy) is 3. The Hall–Kier alpha value is -5.28. The molecule has 1 amide bonds. The monoisotopic (exact) mass is 709 g/mol. The number of carbonyl (C=O) groups excluding carboxylic acids is 2. The number of rotatable bonds is 14. The second-order valence-corrected chi connectivity index (χ2v) is 14.1. The van der Waals surface area contributed by atoms with Crippen LogP contribution in [0.4, 0.5) is 14.9 Å². The molecule has 5 aromatic carbocycles. The van der Waals surface area contributed by atoms with Crippen molar-refractivity contribution in [2.75, 3.05) is 26.2 Å². The van der Waals surface area contributed by atoms with Crippen molar-refractivity contribution in [1.82, 2.24) is 0 Å². The first-order chi connectivity index (χ1) is 24.7. The standard InChI is InChI=1S/C40H37FNO8P/c1-46-33-18-16-32(17-19-33)42-39(37(50-40(42)44)24-23-36(43)29-9-14-31(41)15-10-29)35-22-13-30(25-38(35)49-26-27-7-5-4-6-8-27)28-11-20-34(21-12-28)51(45,47-2)48-3/h4-22,25,37,39H,23-24,26H2,1-3H3/t37-,39-/m1/s1. The molecule has 2 atom stereocenters. The second kappa shape index (κ2) is 15.7. The fourth-order valence-electron chi connectivity index (χ4n) is 6.09. The molecule has 0 bridgehead atoms. The smallest absolute Gasteiger partial charge is 0.415 e. The molecule has 6 rings (SSSR count). The Balaban J connectivity index is 1.40. The molecule has 0 saturated carbocycles. The number of anilines is 1. The molecule has 1 heterocycles. The maximum Gasteiger partial charge on any atom is 0.415 e. The summed E-state index contributed by atoms with van der Waals surface area (Å²) in [5.74, 6) is 0.507. The van der Waals surface area contributed by atoms with E-state index in [4.69, 9.17) is 23.3 Å². The number of hydrogen-bond donors (Lipinski definition) is 0. The van der Waals surface area contributed by atoms with Gasteiger partial charge in [-0.25, -0.2) is 9.18 Å². The maximum atomic E-state index is 13.7. The minimum absolute atomic E-state index is 0.0635. The van der Waals surface area contributed by atoms with E-state index in [1.165, 1.54) is 38.5 Å². The van der Waals surface area contributed by atoms with Gasteiger partial charge in [-0.3, -0.25) is 14.3 Å². The highest BCUT2D eigenvalue weighted by Crippen LogP contribution is 2.46. The van der Waals surface area contributed by atoms with E-state index in [1.807, 2.05) is 60.7 Å². The summed E-state index contributed by atoms with van der Waals surface area (Å²) >= 11 is 0. The Morgan fingerprint density at radius 2 is 1.49 bits per heavy atom. The van der Waals surface area contributed by atoms with Gasteiger partial charge in [0.05, 0.1) is 12.4 Å². The molecule has 0 aromatic heterocycles. The number of ketones is 1. The van der Waals surface area contributed by atoms with Crippen LogP contribution in [0.1, 0.15) is 40.4 Å². The van der Waals surface area contributed by atoms with Crippen molar-refractivity contribution in [3.63, 3.8) is 0 Å². The molecule has 1 saturated heterocycles. The lowest BCUT2D eigenvalue weighted by Crippen LogP contribution is -2.30. The highest BCUT2D eigenvalue weighted by atomic mass is 31.2. The molecule has 262 valence electrons. The zero-order chi connectivity index (χ0) is 36.0. The average molecular weight is 710 g/mol. The first kappa shape index (κ1) is 35.5. The third-order valence-corrected chi connectivity index (χ3v) is 10.7. The molecule has 0 spiro atoms. The van der Waals surface area contributed by atoms with Crippen LogP contribution in [0.5, 0.6) is 11.5 Å². The summed E-state index contributed by atoms with van der Waals surface area (Å²) in [5, 5.41) is 0.420. The van der Waals surface area contributed by atoms with Crippen molar-refractivity contribution in [2.24, 2.45) is 0 Å². The molecule has 0 unspecified atom stereocenters. The summed E-state index contributed by atoms with van der Waals surface area (Å²) in [6.45, 7) is 0.249. The Morgan fingerprint density at radius 3 is 2.14 bits per heavy atom. The molecule has 9 nitrogen and oxygen atoms in total. The summed E-state index contributed by atoms with van der Waals surface area (Å²) in [6, 6.07) is 34.3. The lowest BCUT2D eigenvalue weighted by atomic mass is 9.92. The topological polar surface area (TPSA) is 101 Å². The molecule has 5 aromatic rings. The average Bonchev–Trinajstić information content (AvgIpc) is 3.51. The van der Waals surface area contributed by atoms with Crippen molar-refractivity contribution in [3.8, 4) is 22.6 Å². The normalized spacial score (nSPS) is 15.8. The Labute approximate surface area is 296 Å². The minimum Gasteiger partial charge on any atom is -0.497 e. The van der Waals surface area contributed by atoms with Crippen LogP contribution in [0, 0.1) is 5.82 Å².